The van der Waals surface area contributed by atoms with E-state index in [1.807, 2.05) is 24.3 Å². The van der Waals surface area contributed by atoms with Crippen LogP contribution in [0.25, 0.3) is 0 Å². The lowest BCUT2D eigenvalue weighted by Crippen LogP contribution is -2.04. The first-order valence-corrected chi connectivity index (χ1v) is 5.82. The summed E-state index contributed by atoms with van der Waals surface area (Å²) < 4.78 is 0. The lowest BCUT2D eigenvalue weighted by Gasteiger charge is -2.04. The van der Waals surface area contributed by atoms with Crippen molar-refractivity contribution in [2.75, 3.05) is 0 Å². The van der Waals surface area contributed by atoms with Gasteiger partial charge in [0.15, 0.2) is 0 Å². The third kappa shape index (κ3) is 4.58. The number of hydrogen-bond donors (Lipinski definition) is 1. The second kappa shape index (κ2) is 6.44. The summed E-state index contributed by atoms with van der Waals surface area (Å²) >= 11 is 0. The van der Waals surface area contributed by atoms with Crippen molar-refractivity contribution in [3.8, 4) is 0 Å². The minimum atomic E-state index is 0.0760. The van der Waals surface area contributed by atoms with Gasteiger partial charge in [0.2, 0.25) is 0 Å². The quantitative estimate of drug-likeness (QED) is 0.800. The van der Waals surface area contributed by atoms with Crippen molar-refractivity contribution < 1.29 is 9.90 Å². The Morgan fingerprint density at radius 1 is 1.19 bits per heavy atom. The van der Waals surface area contributed by atoms with Crippen molar-refractivity contribution in [3.05, 3.63) is 35.4 Å². The van der Waals surface area contributed by atoms with E-state index >= 15 is 0 Å². The summed E-state index contributed by atoms with van der Waals surface area (Å²) in [5, 5.41) is 8.89. The molecule has 0 aliphatic rings. The van der Waals surface area contributed by atoms with Crippen LogP contribution in [-0.4, -0.2) is 10.9 Å². The van der Waals surface area contributed by atoms with Gasteiger partial charge in [0.05, 0.1) is 6.61 Å². The molecule has 0 aromatic heterocycles. The Morgan fingerprint density at radius 2 is 1.75 bits per heavy atom. The number of carbonyl (C=O) groups is 1. The second-order valence-electron chi connectivity index (χ2n) is 4.61. The number of hydrogen-bond acceptors (Lipinski definition) is 2. The molecule has 0 bridgehead atoms. The van der Waals surface area contributed by atoms with Crippen LogP contribution in [-0.2, 0) is 17.8 Å². The van der Waals surface area contributed by atoms with E-state index in [2.05, 4.69) is 13.8 Å². The Bertz CT molecular complexity index is 325. The maximum absolute atomic E-state index is 11.5. The Labute approximate surface area is 97.3 Å². The molecular weight excluding hydrogens is 200 g/mol. The molecule has 1 aromatic carbocycles. The van der Waals surface area contributed by atoms with E-state index in [-0.39, 0.29) is 6.61 Å². The minimum absolute atomic E-state index is 0.0760. The average Bonchev–Trinajstić information content (AvgIpc) is 2.26. The summed E-state index contributed by atoms with van der Waals surface area (Å²) in [4.78, 5) is 11.5. The molecule has 2 nitrogen and oxygen atoms in total. The molecule has 1 N–H and O–H groups in total. The first-order valence-electron chi connectivity index (χ1n) is 5.82. The number of rotatable bonds is 6. The molecule has 0 radical (unpaired) electrons. The van der Waals surface area contributed by atoms with Gasteiger partial charge in [0.25, 0.3) is 0 Å². The van der Waals surface area contributed by atoms with Crippen LogP contribution in [0.2, 0.25) is 0 Å². The van der Waals surface area contributed by atoms with E-state index in [1.165, 1.54) is 0 Å². The normalized spacial score (nSPS) is 10.8. The van der Waals surface area contributed by atoms with Crippen LogP contribution in [0.5, 0.6) is 0 Å². The van der Waals surface area contributed by atoms with Gasteiger partial charge in [-0.3, -0.25) is 4.79 Å². The van der Waals surface area contributed by atoms with Gasteiger partial charge in [-0.15, -0.1) is 0 Å². The number of ketones is 1. The number of benzene rings is 1. The molecule has 16 heavy (non-hydrogen) atoms. The second-order valence-corrected chi connectivity index (χ2v) is 4.61. The van der Waals surface area contributed by atoms with Crippen molar-refractivity contribution in [1.82, 2.24) is 0 Å². The summed E-state index contributed by atoms with van der Waals surface area (Å²) in [5.41, 5.74) is 2.08. The van der Waals surface area contributed by atoms with Crippen LogP contribution in [0.1, 0.15) is 37.8 Å². The summed E-state index contributed by atoms with van der Waals surface area (Å²) in [7, 11) is 0. The predicted molar refractivity (Wildman–Crippen MR) is 65.1 cm³/mol. The van der Waals surface area contributed by atoms with Gasteiger partial charge in [-0.25, -0.2) is 0 Å². The van der Waals surface area contributed by atoms with Crippen LogP contribution in [0.4, 0.5) is 0 Å². The topological polar surface area (TPSA) is 37.3 Å². The maximum Gasteiger partial charge on any atom is 0.133 e. The molecule has 0 fully saturated rings. The van der Waals surface area contributed by atoms with Gasteiger partial charge < -0.3 is 5.11 Å². The number of aryl methyl sites for hydroxylation is 1. The third-order valence-electron chi connectivity index (χ3n) is 2.53. The fraction of sp³-hybridized carbons (Fsp3) is 0.500. The van der Waals surface area contributed by atoms with E-state index in [4.69, 9.17) is 5.11 Å². The Balaban J connectivity index is 2.39. The lowest BCUT2D eigenvalue weighted by atomic mass is 10.0. The highest BCUT2D eigenvalue weighted by atomic mass is 16.3. The predicted octanol–water partition coefficient (Wildman–Crippen LogP) is 2.73. The summed E-state index contributed by atoms with van der Waals surface area (Å²) in [5.74, 6) is 0.783. The fourth-order valence-electron chi connectivity index (χ4n) is 1.65. The molecule has 0 aliphatic carbocycles. The van der Waals surface area contributed by atoms with Crippen molar-refractivity contribution in [2.24, 2.45) is 5.92 Å². The zero-order chi connectivity index (χ0) is 12.0. The molecule has 2 heteroatoms. The van der Waals surface area contributed by atoms with E-state index in [9.17, 15) is 4.79 Å². The molecule has 0 heterocycles. The number of carbonyl (C=O) groups excluding carboxylic acids is 1. The van der Waals surface area contributed by atoms with Crippen LogP contribution in [0, 0.1) is 5.92 Å². The van der Waals surface area contributed by atoms with Crippen molar-refractivity contribution in [1.29, 1.82) is 0 Å². The molecule has 0 unspecified atom stereocenters. The smallest absolute Gasteiger partial charge is 0.133 e. The summed E-state index contributed by atoms with van der Waals surface area (Å²) in [6.45, 7) is 4.20. The molecule has 0 saturated heterocycles. The average molecular weight is 220 g/mol. The summed E-state index contributed by atoms with van der Waals surface area (Å²) in [6, 6.07) is 7.77. The zero-order valence-electron chi connectivity index (χ0n) is 10.1. The Hall–Kier alpha value is -1.15. The molecule has 0 spiro atoms. The molecule has 0 saturated carbocycles. The van der Waals surface area contributed by atoms with Crippen molar-refractivity contribution >= 4 is 5.78 Å². The minimum Gasteiger partial charge on any atom is -0.392 e. The highest BCUT2D eigenvalue weighted by molar-refractivity contribution is 5.78. The highest BCUT2D eigenvalue weighted by Crippen LogP contribution is 2.09. The van der Waals surface area contributed by atoms with Gasteiger partial charge in [-0.05, 0) is 23.5 Å². The number of aliphatic hydroxyl groups is 1. The molecule has 1 aromatic rings. The van der Waals surface area contributed by atoms with Crippen LogP contribution in [0.3, 0.4) is 0 Å². The van der Waals surface area contributed by atoms with Gasteiger partial charge in [0.1, 0.15) is 5.78 Å². The highest BCUT2D eigenvalue weighted by Gasteiger charge is 2.05. The third-order valence-corrected chi connectivity index (χ3v) is 2.53. The largest absolute Gasteiger partial charge is 0.392 e. The molecule has 0 amide bonds. The van der Waals surface area contributed by atoms with Crippen LogP contribution in [0.15, 0.2) is 24.3 Å². The molecule has 88 valence electrons. The number of aliphatic hydroxyl groups excluding tert-OH is 1. The van der Waals surface area contributed by atoms with Gasteiger partial charge in [-0.2, -0.15) is 0 Å². The van der Waals surface area contributed by atoms with Gasteiger partial charge in [0, 0.05) is 12.8 Å². The van der Waals surface area contributed by atoms with E-state index in [0.717, 1.165) is 17.5 Å². The first-order chi connectivity index (χ1) is 7.61. The van der Waals surface area contributed by atoms with Crippen LogP contribution < -0.4 is 0 Å². The van der Waals surface area contributed by atoms with Crippen molar-refractivity contribution in [3.63, 3.8) is 0 Å². The van der Waals surface area contributed by atoms with Gasteiger partial charge in [-0.1, -0.05) is 38.1 Å². The fourth-order valence-corrected chi connectivity index (χ4v) is 1.65. The maximum atomic E-state index is 11.5. The first kappa shape index (κ1) is 12.9. The van der Waals surface area contributed by atoms with E-state index < -0.39 is 0 Å². The van der Waals surface area contributed by atoms with E-state index in [1.54, 1.807) is 0 Å². The lowest BCUT2D eigenvalue weighted by molar-refractivity contribution is -0.119. The molecule has 0 atom stereocenters. The van der Waals surface area contributed by atoms with Gasteiger partial charge >= 0.3 is 0 Å². The number of Topliss-reactive ketones (excluding diaryl/α,β-unsaturated/α-hetero) is 1. The molecule has 0 aliphatic heterocycles. The Morgan fingerprint density at radius 3 is 2.25 bits per heavy atom. The van der Waals surface area contributed by atoms with E-state index in [0.29, 0.717) is 24.5 Å². The SMILES string of the molecule is CC(C)CC(=O)CCc1ccc(CO)cc1. The monoisotopic (exact) mass is 220 g/mol. The zero-order valence-corrected chi connectivity index (χ0v) is 10.1. The molecular formula is C14H20O2. The molecule has 1 rings (SSSR count). The van der Waals surface area contributed by atoms with Crippen LogP contribution >= 0.6 is 0 Å². The van der Waals surface area contributed by atoms with Crippen molar-refractivity contribution in [2.45, 2.75) is 39.7 Å². The summed E-state index contributed by atoms with van der Waals surface area (Å²) in [6.07, 6.45) is 2.10. The Kier molecular flexibility index (Phi) is 5.20. The standard InChI is InChI=1S/C14H20O2/c1-11(2)9-14(16)8-7-12-3-5-13(10-15)6-4-12/h3-6,11,15H,7-10H2,1-2H3.